The van der Waals surface area contributed by atoms with E-state index in [1.165, 1.54) is 51.7 Å². The molecule has 118 valence electrons. The molecule has 1 saturated carbocycles. The van der Waals surface area contributed by atoms with Crippen molar-refractivity contribution in [3.05, 3.63) is 0 Å². The van der Waals surface area contributed by atoms with Gasteiger partial charge in [0.1, 0.15) is 0 Å². The van der Waals surface area contributed by atoms with E-state index in [1.54, 1.807) is 0 Å². The predicted octanol–water partition coefficient (Wildman–Crippen LogP) is 3.33. The maximum absolute atomic E-state index is 5.85. The average molecular weight is 283 g/mol. The fourth-order valence-electron chi connectivity index (χ4n) is 3.54. The van der Waals surface area contributed by atoms with Gasteiger partial charge >= 0.3 is 0 Å². The number of nitrogens with zero attached hydrogens (tertiary/aromatic N) is 1. The highest BCUT2D eigenvalue weighted by atomic mass is 16.5. The molecule has 0 amide bonds. The molecule has 1 heterocycles. The molecular weight excluding hydrogens is 250 g/mol. The second-order valence-electron chi connectivity index (χ2n) is 6.87. The van der Waals surface area contributed by atoms with Crippen LogP contribution in [0.3, 0.4) is 0 Å². The van der Waals surface area contributed by atoms with Gasteiger partial charge in [-0.25, -0.2) is 0 Å². The van der Waals surface area contributed by atoms with Gasteiger partial charge in [0.2, 0.25) is 0 Å². The fourth-order valence-corrected chi connectivity index (χ4v) is 3.54. The first-order chi connectivity index (χ1) is 9.67. The fraction of sp³-hybridized carbons (Fsp3) is 1.00. The summed E-state index contributed by atoms with van der Waals surface area (Å²) in [7, 11) is 0. The SMILES string of the molecule is CCOCCC1CCN(CC2CC(OC(C)C)C2)CC1. The Bertz CT molecular complexity index is 256. The molecule has 0 radical (unpaired) electrons. The molecule has 0 atom stereocenters. The summed E-state index contributed by atoms with van der Waals surface area (Å²) >= 11 is 0. The van der Waals surface area contributed by atoms with Crippen LogP contribution in [-0.4, -0.2) is 50.0 Å². The van der Waals surface area contributed by atoms with Crippen molar-refractivity contribution < 1.29 is 9.47 Å². The van der Waals surface area contributed by atoms with Crippen LogP contribution in [0.5, 0.6) is 0 Å². The molecular formula is C17H33NO2. The van der Waals surface area contributed by atoms with Gasteiger partial charge in [-0.2, -0.15) is 0 Å². The molecule has 2 aliphatic rings. The topological polar surface area (TPSA) is 21.7 Å². The van der Waals surface area contributed by atoms with Gasteiger partial charge in [-0.3, -0.25) is 0 Å². The summed E-state index contributed by atoms with van der Waals surface area (Å²) in [5.74, 6) is 1.79. The number of rotatable bonds is 8. The van der Waals surface area contributed by atoms with Crippen molar-refractivity contribution in [3.8, 4) is 0 Å². The number of likely N-dealkylation sites (tertiary alicyclic amines) is 1. The van der Waals surface area contributed by atoms with Crippen LogP contribution < -0.4 is 0 Å². The molecule has 0 N–H and O–H groups in total. The summed E-state index contributed by atoms with van der Waals surface area (Å²) in [4.78, 5) is 2.67. The van der Waals surface area contributed by atoms with Gasteiger partial charge in [-0.15, -0.1) is 0 Å². The highest BCUT2D eigenvalue weighted by Crippen LogP contribution is 2.32. The Morgan fingerprint density at radius 3 is 2.40 bits per heavy atom. The van der Waals surface area contributed by atoms with E-state index < -0.39 is 0 Å². The van der Waals surface area contributed by atoms with Gasteiger partial charge in [0, 0.05) is 19.8 Å². The standard InChI is InChI=1S/C17H33NO2/c1-4-19-10-7-15-5-8-18(9-6-15)13-16-11-17(12-16)20-14(2)3/h14-17H,4-13H2,1-3H3. The van der Waals surface area contributed by atoms with Crippen LogP contribution >= 0.6 is 0 Å². The van der Waals surface area contributed by atoms with Crippen LogP contribution in [0.2, 0.25) is 0 Å². The molecule has 20 heavy (non-hydrogen) atoms. The third kappa shape index (κ3) is 5.34. The van der Waals surface area contributed by atoms with E-state index in [1.807, 2.05) is 0 Å². The molecule has 3 nitrogen and oxygen atoms in total. The lowest BCUT2D eigenvalue weighted by molar-refractivity contribution is -0.0694. The summed E-state index contributed by atoms with van der Waals surface area (Å²) in [5, 5.41) is 0. The van der Waals surface area contributed by atoms with Crippen molar-refractivity contribution in [2.45, 2.75) is 65.1 Å². The van der Waals surface area contributed by atoms with E-state index >= 15 is 0 Å². The van der Waals surface area contributed by atoms with Crippen LogP contribution in [-0.2, 0) is 9.47 Å². The monoisotopic (exact) mass is 283 g/mol. The van der Waals surface area contributed by atoms with E-state index in [0.717, 1.165) is 25.0 Å². The third-order valence-corrected chi connectivity index (χ3v) is 4.76. The van der Waals surface area contributed by atoms with Crippen LogP contribution in [0.1, 0.15) is 52.9 Å². The number of hydrogen-bond donors (Lipinski definition) is 0. The molecule has 1 saturated heterocycles. The quantitative estimate of drug-likeness (QED) is 0.638. The van der Waals surface area contributed by atoms with E-state index in [-0.39, 0.29) is 0 Å². The molecule has 1 aliphatic carbocycles. The van der Waals surface area contributed by atoms with Crippen LogP contribution in [0.15, 0.2) is 0 Å². The van der Waals surface area contributed by atoms with Gasteiger partial charge in [-0.1, -0.05) is 0 Å². The van der Waals surface area contributed by atoms with Crippen molar-refractivity contribution in [2.75, 3.05) is 32.8 Å². The average Bonchev–Trinajstić information content (AvgIpc) is 2.38. The van der Waals surface area contributed by atoms with Crippen molar-refractivity contribution >= 4 is 0 Å². The molecule has 1 aliphatic heterocycles. The van der Waals surface area contributed by atoms with Crippen LogP contribution in [0.4, 0.5) is 0 Å². The van der Waals surface area contributed by atoms with E-state index in [9.17, 15) is 0 Å². The number of piperidine rings is 1. The molecule has 2 fully saturated rings. The highest BCUT2D eigenvalue weighted by Gasteiger charge is 2.32. The summed E-state index contributed by atoms with van der Waals surface area (Å²) in [6.45, 7) is 12.1. The number of hydrogen-bond acceptors (Lipinski definition) is 3. The lowest BCUT2D eigenvalue weighted by Gasteiger charge is -2.41. The predicted molar refractivity (Wildman–Crippen MR) is 83.0 cm³/mol. The zero-order valence-corrected chi connectivity index (χ0v) is 13.6. The van der Waals surface area contributed by atoms with Gasteiger partial charge in [0.05, 0.1) is 12.2 Å². The second kappa shape index (κ2) is 8.35. The summed E-state index contributed by atoms with van der Waals surface area (Å²) in [6, 6.07) is 0. The first kappa shape index (κ1) is 16.3. The van der Waals surface area contributed by atoms with E-state index in [0.29, 0.717) is 12.2 Å². The molecule has 0 aromatic heterocycles. The second-order valence-corrected chi connectivity index (χ2v) is 6.87. The highest BCUT2D eigenvalue weighted by molar-refractivity contribution is 4.84. The Labute approximate surface area is 125 Å². The molecule has 0 bridgehead atoms. The van der Waals surface area contributed by atoms with Crippen molar-refractivity contribution in [2.24, 2.45) is 11.8 Å². The Hall–Kier alpha value is -0.120. The van der Waals surface area contributed by atoms with Gasteiger partial charge in [0.15, 0.2) is 0 Å². The number of ether oxygens (including phenoxy) is 2. The maximum Gasteiger partial charge on any atom is 0.0584 e. The largest absolute Gasteiger partial charge is 0.382 e. The lowest BCUT2D eigenvalue weighted by Crippen LogP contribution is -2.43. The summed E-state index contributed by atoms with van der Waals surface area (Å²) in [5.41, 5.74) is 0. The van der Waals surface area contributed by atoms with Crippen LogP contribution in [0, 0.1) is 11.8 Å². The Morgan fingerprint density at radius 2 is 1.80 bits per heavy atom. The molecule has 0 aromatic carbocycles. The minimum Gasteiger partial charge on any atom is -0.382 e. The first-order valence-corrected chi connectivity index (χ1v) is 8.63. The molecule has 0 aromatic rings. The molecule has 0 unspecified atom stereocenters. The first-order valence-electron chi connectivity index (χ1n) is 8.63. The minimum atomic E-state index is 0.391. The molecule has 0 spiro atoms. The smallest absolute Gasteiger partial charge is 0.0584 e. The minimum absolute atomic E-state index is 0.391. The summed E-state index contributed by atoms with van der Waals surface area (Å²) < 4.78 is 11.3. The van der Waals surface area contributed by atoms with Gasteiger partial charge in [-0.05, 0) is 77.8 Å². The zero-order valence-electron chi connectivity index (χ0n) is 13.6. The van der Waals surface area contributed by atoms with Gasteiger partial charge < -0.3 is 14.4 Å². The normalized spacial score (nSPS) is 28.8. The van der Waals surface area contributed by atoms with Crippen LogP contribution in [0.25, 0.3) is 0 Å². The maximum atomic E-state index is 5.85. The zero-order chi connectivity index (χ0) is 14.4. The van der Waals surface area contributed by atoms with E-state index in [4.69, 9.17) is 9.47 Å². The van der Waals surface area contributed by atoms with Crippen molar-refractivity contribution in [3.63, 3.8) is 0 Å². The lowest BCUT2D eigenvalue weighted by atomic mass is 9.81. The van der Waals surface area contributed by atoms with Crippen molar-refractivity contribution in [1.82, 2.24) is 4.90 Å². The van der Waals surface area contributed by atoms with E-state index in [2.05, 4.69) is 25.7 Å². The third-order valence-electron chi connectivity index (χ3n) is 4.76. The Morgan fingerprint density at radius 1 is 1.10 bits per heavy atom. The molecule has 2 rings (SSSR count). The molecule has 3 heteroatoms. The Kier molecular flexibility index (Phi) is 6.79. The van der Waals surface area contributed by atoms with Crippen molar-refractivity contribution in [1.29, 1.82) is 0 Å². The summed E-state index contributed by atoms with van der Waals surface area (Å²) in [6.07, 6.45) is 7.49. The Balaban J connectivity index is 1.52. The van der Waals surface area contributed by atoms with Gasteiger partial charge in [0.25, 0.3) is 0 Å².